The zero-order valence-corrected chi connectivity index (χ0v) is 16.1. The number of hydrogen-bond donors (Lipinski definition) is 2. The largest absolute Gasteiger partial charge is 0.573 e. The molecule has 11 heteroatoms. The summed E-state index contributed by atoms with van der Waals surface area (Å²) in [6, 6.07) is 8.42. The van der Waals surface area contributed by atoms with E-state index in [4.69, 9.17) is 4.74 Å². The van der Waals surface area contributed by atoms with Gasteiger partial charge in [0.2, 0.25) is 11.8 Å². The first kappa shape index (κ1) is 22.7. The minimum absolute atomic E-state index is 0. The van der Waals surface area contributed by atoms with Crippen LogP contribution in [0.3, 0.4) is 0 Å². The predicted molar refractivity (Wildman–Crippen MR) is 101 cm³/mol. The Morgan fingerprint density at radius 3 is 2.59 bits per heavy atom. The molecule has 1 aromatic carbocycles. The molecule has 2 heterocycles. The molecule has 1 aromatic heterocycles. The molecule has 2 N–H and O–H groups in total. The van der Waals surface area contributed by atoms with Gasteiger partial charge in [-0.15, -0.1) is 35.8 Å². The van der Waals surface area contributed by atoms with Gasteiger partial charge in [0, 0.05) is 6.07 Å². The predicted octanol–water partition coefficient (Wildman–Crippen LogP) is 3.11. The molecule has 1 aliphatic heterocycles. The summed E-state index contributed by atoms with van der Waals surface area (Å²) in [5, 5.41) is 13.6. The van der Waals surface area contributed by atoms with Crippen LogP contribution in [0.2, 0.25) is 0 Å². The van der Waals surface area contributed by atoms with Crippen molar-refractivity contribution in [1.29, 1.82) is 0 Å². The second kappa shape index (κ2) is 10.3. The van der Waals surface area contributed by atoms with Crippen LogP contribution in [-0.2, 0) is 11.2 Å². The molecule has 7 nitrogen and oxygen atoms in total. The van der Waals surface area contributed by atoms with E-state index in [1.165, 1.54) is 18.2 Å². The lowest BCUT2D eigenvalue weighted by molar-refractivity contribution is -0.274. The van der Waals surface area contributed by atoms with Crippen LogP contribution < -0.4 is 20.1 Å². The molecule has 1 saturated heterocycles. The van der Waals surface area contributed by atoms with E-state index in [0.717, 1.165) is 32.0 Å². The molecule has 0 unspecified atom stereocenters. The van der Waals surface area contributed by atoms with Crippen molar-refractivity contribution in [1.82, 2.24) is 15.5 Å². The summed E-state index contributed by atoms with van der Waals surface area (Å²) in [7, 11) is 0. The van der Waals surface area contributed by atoms with Crippen LogP contribution in [0.25, 0.3) is 0 Å². The van der Waals surface area contributed by atoms with Crippen molar-refractivity contribution in [2.24, 2.45) is 0 Å². The third-order valence-electron chi connectivity index (χ3n) is 3.98. The highest BCUT2D eigenvalue weighted by Gasteiger charge is 2.31. The fraction of sp³-hybridized carbons (Fsp3) is 0.389. The van der Waals surface area contributed by atoms with Crippen LogP contribution in [0.15, 0.2) is 36.4 Å². The second-order valence-corrected chi connectivity index (χ2v) is 6.24. The van der Waals surface area contributed by atoms with Gasteiger partial charge in [-0.05, 0) is 49.7 Å². The zero-order chi connectivity index (χ0) is 20.0. The van der Waals surface area contributed by atoms with E-state index in [1.807, 2.05) is 0 Å². The topological polar surface area (TPSA) is 85.4 Å². The SMILES string of the molecule is Cl.O=C(Cc1cccc(OC(F)(F)F)c1)Nc1ccc(OC2CCNCC2)nn1. The number of anilines is 1. The van der Waals surface area contributed by atoms with Gasteiger partial charge >= 0.3 is 6.36 Å². The van der Waals surface area contributed by atoms with Crippen molar-refractivity contribution in [3.05, 3.63) is 42.0 Å². The standard InChI is InChI=1S/C18H19F3N4O3.ClH/c19-18(20,21)28-14-3-1-2-12(10-14)11-16(26)23-15-4-5-17(25-24-15)27-13-6-8-22-9-7-13;/h1-5,10,13,22H,6-9,11H2,(H,23,24,26);1H. The average Bonchev–Trinajstić information content (AvgIpc) is 2.63. The number of halogens is 4. The number of ether oxygens (including phenoxy) is 2. The molecule has 1 amide bonds. The highest BCUT2D eigenvalue weighted by Crippen LogP contribution is 2.23. The summed E-state index contributed by atoms with van der Waals surface area (Å²) in [5.74, 6) is -0.213. The Morgan fingerprint density at radius 2 is 1.93 bits per heavy atom. The third kappa shape index (κ3) is 7.74. The molecule has 1 fully saturated rings. The van der Waals surface area contributed by atoms with E-state index in [-0.39, 0.29) is 36.5 Å². The lowest BCUT2D eigenvalue weighted by Gasteiger charge is -2.22. The lowest BCUT2D eigenvalue weighted by atomic mass is 10.1. The lowest BCUT2D eigenvalue weighted by Crippen LogP contribution is -2.34. The summed E-state index contributed by atoms with van der Waals surface area (Å²) in [5.41, 5.74) is 0.373. The molecule has 0 spiro atoms. The first-order valence-corrected chi connectivity index (χ1v) is 8.73. The zero-order valence-electron chi connectivity index (χ0n) is 15.2. The van der Waals surface area contributed by atoms with Crippen molar-refractivity contribution in [3.63, 3.8) is 0 Å². The summed E-state index contributed by atoms with van der Waals surface area (Å²) in [6.45, 7) is 1.78. The molecule has 2 aromatic rings. The minimum Gasteiger partial charge on any atom is -0.473 e. The summed E-state index contributed by atoms with van der Waals surface area (Å²) in [4.78, 5) is 12.1. The van der Waals surface area contributed by atoms with Crippen LogP contribution in [0.5, 0.6) is 11.6 Å². The Labute approximate surface area is 171 Å². The molecule has 0 radical (unpaired) electrons. The van der Waals surface area contributed by atoms with Crippen LogP contribution in [0.4, 0.5) is 19.0 Å². The number of nitrogens with zero attached hydrogens (tertiary/aromatic N) is 2. The molecule has 0 bridgehead atoms. The second-order valence-electron chi connectivity index (χ2n) is 6.24. The normalized spacial score (nSPS) is 14.6. The number of carbonyl (C=O) groups excluding carboxylic acids is 1. The maximum absolute atomic E-state index is 12.3. The highest BCUT2D eigenvalue weighted by molar-refractivity contribution is 5.91. The van der Waals surface area contributed by atoms with Crippen LogP contribution in [0, 0.1) is 0 Å². The van der Waals surface area contributed by atoms with Gasteiger partial charge in [-0.3, -0.25) is 4.79 Å². The Kier molecular flexibility index (Phi) is 8.03. The first-order chi connectivity index (χ1) is 13.4. The smallest absolute Gasteiger partial charge is 0.473 e. The maximum Gasteiger partial charge on any atom is 0.573 e. The number of piperidine rings is 1. The summed E-state index contributed by atoms with van der Waals surface area (Å²) in [6.07, 6.45) is -3.06. The van der Waals surface area contributed by atoms with Gasteiger partial charge < -0.3 is 20.1 Å². The van der Waals surface area contributed by atoms with Crippen molar-refractivity contribution in [2.75, 3.05) is 18.4 Å². The molecule has 158 valence electrons. The molecular formula is C18H20ClF3N4O3. The molecular weight excluding hydrogens is 413 g/mol. The van der Waals surface area contributed by atoms with Crippen molar-refractivity contribution < 1.29 is 27.4 Å². The van der Waals surface area contributed by atoms with Gasteiger partial charge in [-0.1, -0.05) is 12.1 Å². The van der Waals surface area contributed by atoms with Gasteiger partial charge in [-0.2, -0.15) is 0 Å². The average molecular weight is 433 g/mol. The third-order valence-corrected chi connectivity index (χ3v) is 3.98. The fourth-order valence-electron chi connectivity index (χ4n) is 2.76. The van der Waals surface area contributed by atoms with Gasteiger partial charge in [0.1, 0.15) is 11.9 Å². The number of carbonyl (C=O) groups is 1. The number of alkyl halides is 3. The number of aromatic nitrogens is 2. The summed E-state index contributed by atoms with van der Waals surface area (Å²) >= 11 is 0. The molecule has 0 saturated carbocycles. The Bertz CT molecular complexity index is 800. The molecule has 0 atom stereocenters. The van der Waals surface area contributed by atoms with Crippen LogP contribution >= 0.6 is 12.4 Å². The molecule has 0 aliphatic carbocycles. The van der Waals surface area contributed by atoms with Gasteiger partial charge in [0.15, 0.2) is 5.82 Å². The summed E-state index contributed by atoms with van der Waals surface area (Å²) < 4.78 is 46.4. The van der Waals surface area contributed by atoms with Crippen molar-refractivity contribution in [2.45, 2.75) is 31.7 Å². The van der Waals surface area contributed by atoms with Crippen molar-refractivity contribution >= 4 is 24.1 Å². The number of hydrogen-bond acceptors (Lipinski definition) is 6. The van der Waals surface area contributed by atoms with E-state index >= 15 is 0 Å². The van der Waals surface area contributed by atoms with Gasteiger partial charge in [0.25, 0.3) is 0 Å². The molecule has 29 heavy (non-hydrogen) atoms. The Balaban J connectivity index is 0.00000300. The van der Waals surface area contributed by atoms with Gasteiger partial charge in [-0.25, -0.2) is 0 Å². The monoisotopic (exact) mass is 432 g/mol. The van der Waals surface area contributed by atoms with Crippen LogP contribution in [-0.4, -0.2) is 41.7 Å². The molecule has 1 aliphatic rings. The van der Waals surface area contributed by atoms with E-state index in [2.05, 4.69) is 25.6 Å². The minimum atomic E-state index is -4.78. The van der Waals surface area contributed by atoms with Gasteiger partial charge in [0.05, 0.1) is 6.42 Å². The highest BCUT2D eigenvalue weighted by atomic mass is 35.5. The Hall–Kier alpha value is -2.59. The number of rotatable bonds is 6. The van der Waals surface area contributed by atoms with E-state index in [9.17, 15) is 18.0 Å². The van der Waals surface area contributed by atoms with E-state index in [0.29, 0.717) is 11.4 Å². The van der Waals surface area contributed by atoms with E-state index in [1.54, 1.807) is 12.1 Å². The maximum atomic E-state index is 12.3. The first-order valence-electron chi connectivity index (χ1n) is 8.73. The number of nitrogens with one attached hydrogen (secondary N) is 2. The van der Waals surface area contributed by atoms with Crippen molar-refractivity contribution in [3.8, 4) is 11.6 Å². The number of amides is 1. The van der Waals surface area contributed by atoms with Crippen LogP contribution in [0.1, 0.15) is 18.4 Å². The number of benzene rings is 1. The Morgan fingerprint density at radius 1 is 1.17 bits per heavy atom. The van der Waals surface area contributed by atoms with E-state index < -0.39 is 12.3 Å². The quantitative estimate of drug-likeness (QED) is 0.729. The fourth-order valence-corrected chi connectivity index (χ4v) is 2.76. The molecule has 3 rings (SSSR count).